The molecule has 6 heteroatoms. The average molecular weight is 337 g/mol. The van der Waals surface area contributed by atoms with E-state index in [1.165, 1.54) is 17.3 Å². The van der Waals surface area contributed by atoms with Gasteiger partial charge in [0.15, 0.2) is 0 Å². The predicted molar refractivity (Wildman–Crippen MR) is 89.3 cm³/mol. The highest BCUT2D eigenvalue weighted by Crippen LogP contribution is 2.33. The molecule has 0 N–H and O–H groups in total. The number of thioether (sulfide) groups is 3. The van der Waals surface area contributed by atoms with E-state index < -0.39 is 0 Å². The maximum Gasteiger partial charge on any atom is 0.0593 e. The third-order valence-corrected chi connectivity index (χ3v) is 6.29. The molecule has 116 valence electrons. The van der Waals surface area contributed by atoms with Crippen LogP contribution in [0, 0.1) is 5.41 Å². The van der Waals surface area contributed by atoms with Crippen LogP contribution in [0.5, 0.6) is 0 Å². The fourth-order valence-corrected chi connectivity index (χ4v) is 3.20. The summed E-state index contributed by atoms with van der Waals surface area (Å²) in [4.78, 5) is 0. The SMILES string of the molecule is CC(COCC1CS1)(COCC1CS1)COCC1CS1. The van der Waals surface area contributed by atoms with E-state index >= 15 is 0 Å². The zero-order valence-electron chi connectivity index (χ0n) is 12.0. The molecule has 0 aromatic carbocycles. The topological polar surface area (TPSA) is 27.7 Å². The summed E-state index contributed by atoms with van der Waals surface area (Å²) in [5.74, 6) is 3.80. The van der Waals surface area contributed by atoms with Gasteiger partial charge in [0.2, 0.25) is 0 Å². The molecule has 3 aliphatic heterocycles. The summed E-state index contributed by atoms with van der Waals surface area (Å²) in [6.45, 7) is 7.14. The fraction of sp³-hybridized carbons (Fsp3) is 1.00. The number of rotatable bonds is 12. The van der Waals surface area contributed by atoms with Crippen LogP contribution in [-0.4, -0.2) is 72.6 Å². The van der Waals surface area contributed by atoms with Gasteiger partial charge in [-0.15, -0.1) is 0 Å². The standard InChI is InChI=1S/C14H24O3S3/c1-14(8-15-2-11-5-18-11,9-16-3-12-6-19-12)10-17-4-13-7-20-13/h11-13H,2-10H2,1H3. The highest BCUT2D eigenvalue weighted by Gasteiger charge is 2.31. The lowest BCUT2D eigenvalue weighted by molar-refractivity contribution is -0.0563. The van der Waals surface area contributed by atoms with Gasteiger partial charge in [-0.05, 0) is 0 Å². The predicted octanol–water partition coefficient (Wildman–Crippen LogP) is 2.39. The number of hydrogen-bond donors (Lipinski definition) is 0. The van der Waals surface area contributed by atoms with Crippen molar-refractivity contribution in [1.29, 1.82) is 0 Å². The Balaban J connectivity index is 1.35. The van der Waals surface area contributed by atoms with Gasteiger partial charge in [-0.3, -0.25) is 0 Å². The lowest BCUT2D eigenvalue weighted by atomic mass is 9.94. The quantitative estimate of drug-likeness (QED) is 0.508. The molecule has 0 radical (unpaired) electrons. The first kappa shape index (κ1) is 15.8. The molecule has 0 amide bonds. The Kier molecular flexibility index (Phi) is 5.90. The molecule has 0 bridgehead atoms. The summed E-state index contributed by atoms with van der Waals surface area (Å²) >= 11 is 5.96. The smallest absolute Gasteiger partial charge is 0.0593 e. The van der Waals surface area contributed by atoms with Crippen molar-refractivity contribution >= 4 is 35.3 Å². The van der Waals surface area contributed by atoms with Crippen LogP contribution in [0.3, 0.4) is 0 Å². The number of ether oxygens (including phenoxy) is 3. The summed E-state index contributed by atoms with van der Waals surface area (Å²) < 4.78 is 17.6. The van der Waals surface area contributed by atoms with Gasteiger partial charge in [-0.25, -0.2) is 0 Å². The van der Waals surface area contributed by atoms with Gasteiger partial charge in [0, 0.05) is 38.4 Å². The average Bonchev–Trinajstić information content (AvgIpc) is 3.24. The van der Waals surface area contributed by atoms with Gasteiger partial charge in [-0.1, -0.05) is 6.92 Å². The van der Waals surface area contributed by atoms with Crippen LogP contribution in [0.25, 0.3) is 0 Å². The Bertz CT molecular complexity index is 258. The van der Waals surface area contributed by atoms with E-state index in [0.29, 0.717) is 0 Å². The Morgan fingerprint density at radius 2 is 1.05 bits per heavy atom. The van der Waals surface area contributed by atoms with Crippen LogP contribution in [0.15, 0.2) is 0 Å². The molecule has 0 aromatic heterocycles. The summed E-state index contributed by atoms with van der Waals surface area (Å²) in [5, 5.41) is 2.23. The van der Waals surface area contributed by atoms with Crippen molar-refractivity contribution < 1.29 is 14.2 Å². The van der Waals surface area contributed by atoms with E-state index in [2.05, 4.69) is 6.92 Å². The first-order chi connectivity index (χ1) is 9.73. The Morgan fingerprint density at radius 1 is 0.750 bits per heavy atom. The molecule has 3 atom stereocenters. The minimum absolute atomic E-state index is 0.00132. The Hall–Kier alpha value is 0.930. The van der Waals surface area contributed by atoms with Gasteiger partial charge < -0.3 is 14.2 Å². The largest absolute Gasteiger partial charge is 0.380 e. The number of hydrogen-bond acceptors (Lipinski definition) is 6. The fourth-order valence-electron chi connectivity index (χ4n) is 1.93. The third-order valence-electron chi connectivity index (χ3n) is 3.47. The molecule has 0 saturated carbocycles. The minimum atomic E-state index is -0.00132. The molecule has 3 nitrogen and oxygen atoms in total. The van der Waals surface area contributed by atoms with E-state index in [9.17, 15) is 0 Å². The highest BCUT2D eigenvalue weighted by molar-refractivity contribution is 8.07. The zero-order chi connectivity index (χ0) is 13.8. The molecule has 3 fully saturated rings. The maximum atomic E-state index is 5.88. The van der Waals surface area contributed by atoms with E-state index in [0.717, 1.165) is 55.4 Å². The van der Waals surface area contributed by atoms with Crippen LogP contribution in [-0.2, 0) is 14.2 Å². The first-order valence-electron chi connectivity index (χ1n) is 7.32. The highest BCUT2D eigenvalue weighted by atomic mass is 32.2. The van der Waals surface area contributed by atoms with E-state index in [4.69, 9.17) is 14.2 Å². The lowest BCUT2D eigenvalue weighted by Gasteiger charge is -2.29. The molecule has 0 spiro atoms. The van der Waals surface area contributed by atoms with Crippen molar-refractivity contribution in [2.45, 2.75) is 22.7 Å². The van der Waals surface area contributed by atoms with Crippen LogP contribution in [0.2, 0.25) is 0 Å². The second kappa shape index (κ2) is 7.47. The van der Waals surface area contributed by atoms with Crippen molar-refractivity contribution in [3.05, 3.63) is 0 Å². The van der Waals surface area contributed by atoms with E-state index in [1.54, 1.807) is 0 Å². The lowest BCUT2D eigenvalue weighted by Crippen LogP contribution is -2.35. The molecule has 3 saturated heterocycles. The van der Waals surface area contributed by atoms with Crippen molar-refractivity contribution in [2.75, 3.05) is 56.9 Å². The normalized spacial score (nSPS) is 33.8. The maximum absolute atomic E-state index is 5.88. The van der Waals surface area contributed by atoms with Crippen LogP contribution in [0.4, 0.5) is 0 Å². The first-order valence-corrected chi connectivity index (χ1v) is 10.5. The van der Waals surface area contributed by atoms with Crippen molar-refractivity contribution in [2.24, 2.45) is 5.41 Å². The van der Waals surface area contributed by atoms with Crippen LogP contribution in [0.1, 0.15) is 6.92 Å². The van der Waals surface area contributed by atoms with Crippen molar-refractivity contribution in [3.8, 4) is 0 Å². The second-order valence-corrected chi connectivity index (χ2v) is 10.2. The van der Waals surface area contributed by atoms with Crippen molar-refractivity contribution in [3.63, 3.8) is 0 Å². The summed E-state index contributed by atoms with van der Waals surface area (Å²) in [5.41, 5.74) is -0.00132. The molecule has 20 heavy (non-hydrogen) atoms. The summed E-state index contributed by atoms with van der Waals surface area (Å²) in [6.07, 6.45) is 0. The minimum Gasteiger partial charge on any atom is -0.380 e. The van der Waals surface area contributed by atoms with Gasteiger partial charge in [0.1, 0.15) is 0 Å². The van der Waals surface area contributed by atoms with Crippen LogP contribution < -0.4 is 0 Å². The second-order valence-electron chi connectivity index (χ2n) is 6.22. The van der Waals surface area contributed by atoms with Gasteiger partial charge in [0.05, 0.1) is 39.6 Å². The molecule has 3 heterocycles. The molecule has 3 rings (SSSR count). The molecule has 0 aliphatic carbocycles. The molecular weight excluding hydrogens is 312 g/mol. The van der Waals surface area contributed by atoms with Gasteiger partial charge >= 0.3 is 0 Å². The molecule has 3 aliphatic rings. The zero-order valence-corrected chi connectivity index (χ0v) is 14.5. The molecule has 3 unspecified atom stereocenters. The summed E-state index contributed by atoms with van der Waals surface area (Å²) in [7, 11) is 0. The van der Waals surface area contributed by atoms with Crippen molar-refractivity contribution in [1.82, 2.24) is 0 Å². The Labute approximate surface area is 134 Å². The molecule has 0 aromatic rings. The van der Waals surface area contributed by atoms with E-state index in [1.807, 2.05) is 35.3 Å². The third kappa shape index (κ3) is 6.36. The Morgan fingerprint density at radius 3 is 1.30 bits per heavy atom. The van der Waals surface area contributed by atoms with Gasteiger partial charge in [-0.2, -0.15) is 35.3 Å². The van der Waals surface area contributed by atoms with Crippen LogP contribution >= 0.6 is 35.3 Å². The van der Waals surface area contributed by atoms with Gasteiger partial charge in [0.25, 0.3) is 0 Å². The van der Waals surface area contributed by atoms with E-state index in [-0.39, 0.29) is 5.41 Å². The monoisotopic (exact) mass is 336 g/mol. The molecular formula is C14H24O3S3. The summed E-state index contributed by atoms with van der Waals surface area (Å²) in [6, 6.07) is 0.